The Balaban J connectivity index is 3.27. The van der Waals surface area contributed by atoms with Crippen LogP contribution in [0.1, 0.15) is 19.8 Å². The van der Waals surface area contributed by atoms with Crippen LogP contribution in [0.4, 0.5) is 0 Å². The Bertz CT molecular complexity index is 192. The summed E-state index contributed by atoms with van der Waals surface area (Å²) in [6.07, 6.45) is 0.172. The van der Waals surface area contributed by atoms with Gasteiger partial charge in [-0.05, 0) is 19.1 Å². The fraction of sp³-hybridized carbons (Fsp3) is 0.909. The second kappa shape index (κ2) is 12.2. The first-order valence-electron chi connectivity index (χ1n) is 5.93. The Labute approximate surface area is 107 Å². The number of nitrogens with one attached hydrogen (secondary N) is 1. The fourth-order valence-corrected chi connectivity index (χ4v) is 1.99. The van der Waals surface area contributed by atoms with E-state index in [1.165, 1.54) is 0 Å². The molecule has 1 atom stereocenters. The molecule has 0 aliphatic rings. The Morgan fingerprint density at radius 2 is 2.24 bits per heavy atom. The first-order valence-corrected chi connectivity index (χ1v) is 7.09. The molecule has 0 aromatic heterocycles. The molecule has 17 heavy (non-hydrogen) atoms. The Morgan fingerprint density at radius 1 is 1.47 bits per heavy atom. The molecule has 0 amide bonds. The average molecular weight is 265 g/mol. The predicted octanol–water partition coefficient (Wildman–Crippen LogP) is 0.00570. The molecular formula is C11H23NO4S. The zero-order chi connectivity index (χ0) is 12.9. The summed E-state index contributed by atoms with van der Waals surface area (Å²) in [5.74, 6) is 1.52. The molecule has 102 valence electrons. The Morgan fingerprint density at radius 3 is 2.88 bits per heavy atom. The van der Waals surface area contributed by atoms with E-state index in [4.69, 9.17) is 9.84 Å². The van der Waals surface area contributed by atoms with Gasteiger partial charge in [0, 0.05) is 25.4 Å². The highest BCUT2D eigenvalue weighted by Crippen LogP contribution is 2.00. The van der Waals surface area contributed by atoms with Crippen LogP contribution in [0.3, 0.4) is 0 Å². The van der Waals surface area contributed by atoms with Crippen LogP contribution in [-0.4, -0.2) is 60.1 Å². The minimum Gasteiger partial charge on any atom is -0.466 e. The maximum atomic E-state index is 11.0. The minimum absolute atomic E-state index is 0.0402. The van der Waals surface area contributed by atoms with Crippen LogP contribution < -0.4 is 5.32 Å². The van der Waals surface area contributed by atoms with Gasteiger partial charge in [0.05, 0.1) is 19.1 Å². The summed E-state index contributed by atoms with van der Waals surface area (Å²) in [7, 11) is 0. The van der Waals surface area contributed by atoms with E-state index in [1.807, 2.05) is 0 Å². The van der Waals surface area contributed by atoms with Crippen LogP contribution in [0, 0.1) is 0 Å². The van der Waals surface area contributed by atoms with Gasteiger partial charge in [-0.1, -0.05) is 0 Å². The number of rotatable bonds is 11. The second-order valence-corrected chi connectivity index (χ2v) is 4.78. The van der Waals surface area contributed by atoms with E-state index in [2.05, 4.69) is 5.32 Å². The van der Waals surface area contributed by atoms with Crippen molar-refractivity contribution in [1.29, 1.82) is 0 Å². The van der Waals surface area contributed by atoms with Crippen LogP contribution >= 0.6 is 11.8 Å². The number of hydrogen-bond acceptors (Lipinski definition) is 6. The molecule has 0 aromatic rings. The molecular weight excluding hydrogens is 242 g/mol. The normalized spacial score (nSPS) is 12.4. The van der Waals surface area contributed by atoms with E-state index in [-0.39, 0.29) is 19.0 Å². The minimum atomic E-state index is -0.684. The zero-order valence-electron chi connectivity index (χ0n) is 10.4. The summed E-state index contributed by atoms with van der Waals surface area (Å²) >= 11 is 1.76. The van der Waals surface area contributed by atoms with Gasteiger partial charge in [0.1, 0.15) is 0 Å². The SMILES string of the molecule is CCOC(=O)CC(O)CNCCSCCCO. The summed E-state index contributed by atoms with van der Waals surface area (Å²) in [6.45, 7) is 3.51. The van der Waals surface area contributed by atoms with Crippen molar-refractivity contribution in [2.24, 2.45) is 0 Å². The van der Waals surface area contributed by atoms with Gasteiger partial charge in [0.15, 0.2) is 0 Å². The lowest BCUT2D eigenvalue weighted by molar-refractivity contribution is -0.145. The van der Waals surface area contributed by atoms with Gasteiger partial charge in [-0.25, -0.2) is 0 Å². The van der Waals surface area contributed by atoms with E-state index in [0.717, 1.165) is 24.5 Å². The van der Waals surface area contributed by atoms with Gasteiger partial charge in [0.2, 0.25) is 0 Å². The highest BCUT2D eigenvalue weighted by Gasteiger charge is 2.10. The molecule has 5 nitrogen and oxygen atoms in total. The summed E-state index contributed by atoms with van der Waals surface area (Å²) < 4.78 is 4.73. The van der Waals surface area contributed by atoms with E-state index < -0.39 is 6.10 Å². The number of carbonyl (C=O) groups is 1. The third-order valence-electron chi connectivity index (χ3n) is 1.96. The summed E-state index contributed by atoms with van der Waals surface area (Å²) in [6, 6.07) is 0. The molecule has 0 saturated carbocycles. The van der Waals surface area contributed by atoms with Gasteiger partial charge in [-0.15, -0.1) is 0 Å². The average Bonchev–Trinajstić information content (AvgIpc) is 2.28. The van der Waals surface area contributed by atoms with Gasteiger partial charge in [-0.2, -0.15) is 11.8 Å². The molecule has 6 heteroatoms. The molecule has 0 aromatic carbocycles. The molecule has 0 aliphatic carbocycles. The standard InChI is InChI=1S/C11H23NO4S/c1-2-16-11(15)8-10(14)9-12-4-7-17-6-3-5-13/h10,12-14H,2-9H2,1H3. The van der Waals surface area contributed by atoms with Gasteiger partial charge in [-0.3, -0.25) is 4.79 Å². The van der Waals surface area contributed by atoms with E-state index in [0.29, 0.717) is 13.2 Å². The summed E-state index contributed by atoms with van der Waals surface area (Å²) in [5.41, 5.74) is 0. The quantitative estimate of drug-likeness (QED) is 0.361. The zero-order valence-corrected chi connectivity index (χ0v) is 11.2. The highest BCUT2D eigenvalue weighted by molar-refractivity contribution is 7.99. The van der Waals surface area contributed by atoms with Crippen molar-refractivity contribution >= 4 is 17.7 Å². The van der Waals surface area contributed by atoms with Crippen molar-refractivity contribution in [1.82, 2.24) is 5.32 Å². The first kappa shape index (κ1) is 16.7. The number of aliphatic hydroxyl groups excluding tert-OH is 2. The lowest BCUT2D eigenvalue weighted by atomic mass is 10.2. The third-order valence-corrected chi connectivity index (χ3v) is 3.03. The molecule has 0 saturated heterocycles. The number of esters is 1. The molecule has 0 radical (unpaired) electrons. The van der Waals surface area contributed by atoms with Crippen molar-refractivity contribution in [2.75, 3.05) is 37.8 Å². The van der Waals surface area contributed by atoms with E-state index >= 15 is 0 Å². The summed E-state index contributed by atoms with van der Waals surface area (Å²) in [4.78, 5) is 11.0. The van der Waals surface area contributed by atoms with Crippen LogP contribution in [0.25, 0.3) is 0 Å². The Hall–Kier alpha value is -0.300. The molecule has 0 rings (SSSR count). The second-order valence-electron chi connectivity index (χ2n) is 3.56. The summed E-state index contributed by atoms with van der Waals surface area (Å²) in [5, 5.41) is 21.1. The van der Waals surface area contributed by atoms with Gasteiger partial charge < -0.3 is 20.3 Å². The highest BCUT2D eigenvalue weighted by atomic mass is 32.2. The van der Waals surface area contributed by atoms with Crippen molar-refractivity contribution in [3.05, 3.63) is 0 Å². The number of carbonyl (C=O) groups excluding carboxylic acids is 1. The maximum absolute atomic E-state index is 11.0. The fourth-order valence-electron chi connectivity index (χ4n) is 1.17. The van der Waals surface area contributed by atoms with Crippen LogP contribution in [0.15, 0.2) is 0 Å². The molecule has 0 fully saturated rings. The van der Waals surface area contributed by atoms with E-state index in [9.17, 15) is 9.90 Å². The maximum Gasteiger partial charge on any atom is 0.308 e. The third kappa shape index (κ3) is 12.0. The number of hydrogen-bond donors (Lipinski definition) is 3. The molecule has 1 unspecified atom stereocenters. The Kier molecular flexibility index (Phi) is 12.0. The topological polar surface area (TPSA) is 78.8 Å². The lowest BCUT2D eigenvalue weighted by Crippen LogP contribution is -2.30. The van der Waals surface area contributed by atoms with E-state index in [1.54, 1.807) is 18.7 Å². The van der Waals surface area contributed by atoms with Crippen LogP contribution in [0.5, 0.6) is 0 Å². The molecule has 0 spiro atoms. The molecule has 0 aliphatic heterocycles. The monoisotopic (exact) mass is 265 g/mol. The number of aliphatic hydroxyl groups is 2. The number of thioether (sulfide) groups is 1. The van der Waals surface area contributed by atoms with Crippen molar-refractivity contribution in [3.63, 3.8) is 0 Å². The van der Waals surface area contributed by atoms with Crippen LogP contribution in [0.2, 0.25) is 0 Å². The van der Waals surface area contributed by atoms with Gasteiger partial charge in [0.25, 0.3) is 0 Å². The van der Waals surface area contributed by atoms with Crippen molar-refractivity contribution in [3.8, 4) is 0 Å². The number of ether oxygens (including phenoxy) is 1. The van der Waals surface area contributed by atoms with Crippen LogP contribution in [-0.2, 0) is 9.53 Å². The van der Waals surface area contributed by atoms with Crippen molar-refractivity contribution < 1.29 is 19.7 Å². The largest absolute Gasteiger partial charge is 0.466 e. The first-order chi connectivity index (χ1) is 8.20. The van der Waals surface area contributed by atoms with Gasteiger partial charge >= 0.3 is 5.97 Å². The molecule has 0 bridgehead atoms. The predicted molar refractivity (Wildman–Crippen MR) is 69.2 cm³/mol. The lowest BCUT2D eigenvalue weighted by Gasteiger charge is -2.10. The molecule has 3 N–H and O–H groups in total. The smallest absolute Gasteiger partial charge is 0.308 e. The molecule has 0 heterocycles. The van der Waals surface area contributed by atoms with Crippen molar-refractivity contribution in [2.45, 2.75) is 25.9 Å².